The Labute approximate surface area is 119 Å². The van der Waals surface area contributed by atoms with Gasteiger partial charge < -0.3 is 0 Å². The second kappa shape index (κ2) is 4.86. The van der Waals surface area contributed by atoms with E-state index in [0.29, 0.717) is 17.8 Å². The van der Waals surface area contributed by atoms with E-state index in [1.165, 1.54) is 11.2 Å². The van der Waals surface area contributed by atoms with Gasteiger partial charge in [-0.15, -0.1) is 0 Å². The molecule has 1 saturated carbocycles. The fourth-order valence-corrected chi connectivity index (χ4v) is 4.10. The molecule has 1 fully saturated rings. The van der Waals surface area contributed by atoms with Crippen LogP contribution in [-0.4, -0.2) is 26.8 Å². The van der Waals surface area contributed by atoms with E-state index in [1.54, 1.807) is 12.1 Å². The molecule has 1 aliphatic carbocycles. The number of fused-ring (bicyclic) bond motifs is 1. The average molecular weight is 294 g/mol. The Morgan fingerprint density at radius 1 is 1.35 bits per heavy atom. The van der Waals surface area contributed by atoms with Gasteiger partial charge in [-0.1, -0.05) is 0 Å². The van der Waals surface area contributed by atoms with Crippen LogP contribution in [0.1, 0.15) is 42.1 Å². The maximum Gasteiger partial charge on any atom is 0.301 e. The summed E-state index contributed by atoms with van der Waals surface area (Å²) < 4.78 is 28.9. The molecule has 0 radical (unpaired) electrons. The average Bonchev–Trinajstić information content (AvgIpc) is 3.20. The second-order valence-corrected chi connectivity index (χ2v) is 7.10. The highest BCUT2D eigenvalue weighted by atomic mass is 32.2. The first-order valence-electron chi connectivity index (χ1n) is 6.91. The van der Waals surface area contributed by atoms with Crippen LogP contribution >= 0.6 is 0 Å². The van der Waals surface area contributed by atoms with Gasteiger partial charge in [0.25, 0.3) is 0 Å². The molecule has 0 bridgehead atoms. The minimum absolute atomic E-state index is 0.00360. The third-order valence-electron chi connectivity index (χ3n) is 3.75. The molecule has 1 aromatic carbocycles. The Morgan fingerprint density at radius 3 is 2.75 bits per heavy atom. The molecule has 0 atom stereocenters. The third kappa shape index (κ3) is 2.58. The smallest absolute Gasteiger partial charge is 0.295 e. The zero-order valence-electron chi connectivity index (χ0n) is 11.4. The minimum Gasteiger partial charge on any atom is -0.295 e. The molecule has 1 heterocycles. The summed E-state index contributed by atoms with van der Waals surface area (Å²) in [5.74, 6) is 0.00360. The molecule has 0 unspecified atom stereocenters. The molecular weight excluding hydrogens is 276 g/mol. The van der Waals surface area contributed by atoms with E-state index in [0.717, 1.165) is 31.2 Å². The number of benzene rings is 1. The van der Waals surface area contributed by atoms with Crippen molar-refractivity contribution in [1.82, 2.24) is 4.72 Å². The molecule has 1 N–H and O–H groups in total. The highest BCUT2D eigenvalue weighted by molar-refractivity contribution is 7.90. The lowest BCUT2D eigenvalue weighted by molar-refractivity contribution is 0.101. The summed E-state index contributed by atoms with van der Waals surface area (Å²) in [6.07, 6.45) is 3.43. The molecule has 3 rings (SSSR count). The van der Waals surface area contributed by atoms with E-state index in [9.17, 15) is 13.2 Å². The fraction of sp³-hybridized carbons (Fsp3) is 0.500. The van der Waals surface area contributed by atoms with Crippen LogP contribution in [0.5, 0.6) is 0 Å². The van der Waals surface area contributed by atoms with Gasteiger partial charge in [0.2, 0.25) is 0 Å². The maximum absolute atomic E-state index is 12.4. The number of hydrogen-bond donors (Lipinski definition) is 1. The van der Waals surface area contributed by atoms with Gasteiger partial charge in [0.1, 0.15) is 0 Å². The van der Waals surface area contributed by atoms with E-state index >= 15 is 0 Å². The van der Waals surface area contributed by atoms with Crippen LogP contribution in [0.3, 0.4) is 0 Å². The summed E-state index contributed by atoms with van der Waals surface area (Å²) in [5, 5.41) is 0. The van der Waals surface area contributed by atoms with Gasteiger partial charge >= 0.3 is 10.2 Å². The van der Waals surface area contributed by atoms with Gasteiger partial charge in [0, 0.05) is 18.2 Å². The van der Waals surface area contributed by atoms with Crippen LogP contribution in [0.2, 0.25) is 0 Å². The van der Waals surface area contributed by atoms with Crippen molar-refractivity contribution >= 4 is 21.7 Å². The monoisotopic (exact) mass is 294 g/mol. The van der Waals surface area contributed by atoms with Gasteiger partial charge in [-0.05, 0) is 56.4 Å². The van der Waals surface area contributed by atoms with E-state index < -0.39 is 10.2 Å². The Hall–Kier alpha value is -1.40. The van der Waals surface area contributed by atoms with Crippen molar-refractivity contribution in [3.05, 3.63) is 29.3 Å². The first-order chi connectivity index (χ1) is 9.47. The normalized spacial score (nSPS) is 18.8. The van der Waals surface area contributed by atoms with E-state index in [2.05, 4.69) is 4.72 Å². The van der Waals surface area contributed by atoms with Crippen molar-refractivity contribution in [2.45, 2.75) is 38.6 Å². The summed E-state index contributed by atoms with van der Waals surface area (Å²) in [6, 6.07) is 5.36. The van der Waals surface area contributed by atoms with Gasteiger partial charge in [-0.2, -0.15) is 13.1 Å². The van der Waals surface area contributed by atoms with Crippen molar-refractivity contribution < 1.29 is 13.2 Å². The molecule has 5 nitrogen and oxygen atoms in total. The molecule has 1 aromatic rings. The molecule has 0 saturated heterocycles. The van der Waals surface area contributed by atoms with Crippen LogP contribution in [0.25, 0.3) is 0 Å². The minimum atomic E-state index is -3.47. The van der Waals surface area contributed by atoms with Crippen LogP contribution < -0.4 is 9.03 Å². The van der Waals surface area contributed by atoms with Gasteiger partial charge in [-0.3, -0.25) is 9.10 Å². The molecular formula is C14H18N2O3S. The van der Waals surface area contributed by atoms with Crippen LogP contribution in [-0.2, 0) is 16.6 Å². The van der Waals surface area contributed by atoms with Gasteiger partial charge in [-0.25, -0.2) is 0 Å². The molecule has 0 amide bonds. The number of carbonyl (C=O) groups is 1. The molecule has 0 spiro atoms. The lowest BCUT2D eigenvalue weighted by Crippen LogP contribution is -2.44. The van der Waals surface area contributed by atoms with Crippen LogP contribution in [0.4, 0.5) is 5.69 Å². The molecule has 20 heavy (non-hydrogen) atoms. The second-order valence-electron chi connectivity index (χ2n) is 5.47. The fourth-order valence-electron chi connectivity index (χ4n) is 2.51. The number of aryl methyl sites for hydroxylation is 1. The zero-order chi connectivity index (χ0) is 14.3. The number of carbonyl (C=O) groups excluding carboxylic acids is 1. The zero-order valence-corrected chi connectivity index (χ0v) is 12.2. The predicted molar refractivity (Wildman–Crippen MR) is 77.2 cm³/mol. The van der Waals surface area contributed by atoms with Crippen molar-refractivity contribution in [1.29, 1.82) is 0 Å². The lowest BCUT2D eigenvalue weighted by Gasteiger charge is -2.30. The van der Waals surface area contributed by atoms with Crippen LogP contribution in [0, 0.1) is 0 Å². The number of ketones is 1. The summed E-state index contributed by atoms with van der Waals surface area (Å²) >= 11 is 0. The highest BCUT2D eigenvalue weighted by Gasteiger charge is 2.33. The number of hydrogen-bond acceptors (Lipinski definition) is 3. The topological polar surface area (TPSA) is 66.5 Å². The molecule has 1 aliphatic heterocycles. The number of anilines is 1. The standard InChI is InChI=1S/C14H18N2O3S/c1-10(17)11-4-7-14-12(9-11)3-2-8-16(14)20(18,19)15-13-5-6-13/h4,7,9,13,15H,2-3,5-6,8H2,1H3. The Morgan fingerprint density at radius 2 is 2.10 bits per heavy atom. The third-order valence-corrected chi connectivity index (χ3v) is 5.34. The number of Topliss-reactive ketones (excluding diaryl/α,β-unsaturated/α-hetero) is 1. The van der Waals surface area contributed by atoms with Gasteiger partial charge in [0.05, 0.1) is 5.69 Å². The number of nitrogens with zero attached hydrogens (tertiary/aromatic N) is 1. The maximum atomic E-state index is 12.4. The lowest BCUT2D eigenvalue weighted by atomic mass is 9.99. The number of rotatable bonds is 4. The van der Waals surface area contributed by atoms with E-state index in [4.69, 9.17) is 0 Å². The Bertz CT molecular complexity index is 650. The first kappa shape index (κ1) is 13.6. The summed E-state index contributed by atoms with van der Waals surface area (Å²) in [4.78, 5) is 11.4. The molecule has 0 aromatic heterocycles. The molecule has 2 aliphatic rings. The summed E-state index contributed by atoms with van der Waals surface area (Å²) in [5.41, 5.74) is 2.28. The van der Waals surface area contributed by atoms with Crippen molar-refractivity contribution in [3.63, 3.8) is 0 Å². The SMILES string of the molecule is CC(=O)c1ccc2c(c1)CCCN2S(=O)(=O)NC1CC1. The van der Waals surface area contributed by atoms with Crippen molar-refractivity contribution in [2.24, 2.45) is 0 Å². The largest absolute Gasteiger partial charge is 0.301 e. The molecule has 108 valence electrons. The van der Waals surface area contributed by atoms with E-state index in [-0.39, 0.29) is 11.8 Å². The summed E-state index contributed by atoms with van der Waals surface area (Å²) in [6.45, 7) is 2.02. The van der Waals surface area contributed by atoms with Crippen LogP contribution in [0.15, 0.2) is 18.2 Å². The Balaban J connectivity index is 1.95. The predicted octanol–water partition coefficient (Wildman–Crippen LogP) is 1.64. The van der Waals surface area contributed by atoms with Crippen molar-refractivity contribution in [2.75, 3.05) is 10.8 Å². The summed E-state index contributed by atoms with van der Waals surface area (Å²) in [7, 11) is -3.47. The van der Waals surface area contributed by atoms with E-state index in [1.807, 2.05) is 6.07 Å². The highest BCUT2D eigenvalue weighted by Crippen LogP contribution is 2.31. The van der Waals surface area contributed by atoms with Gasteiger partial charge in [0.15, 0.2) is 5.78 Å². The first-order valence-corrected chi connectivity index (χ1v) is 8.35. The quantitative estimate of drug-likeness (QED) is 0.858. The molecule has 6 heteroatoms. The Kier molecular flexibility index (Phi) is 3.30. The van der Waals surface area contributed by atoms with Crippen molar-refractivity contribution in [3.8, 4) is 0 Å². The number of nitrogens with one attached hydrogen (secondary N) is 1.